The molecule has 1 aliphatic carbocycles. The molecular weight excluding hydrogens is 282 g/mol. The number of rotatable bonds is 7. The molecule has 3 N–H and O–H groups in total. The summed E-state index contributed by atoms with van der Waals surface area (Å²) in [6.07, 6.45) is 5.22. The van der Waals surface area contributed by atoms with Crippen LogP contribution in [0.4, 0.5) is 0 Å². The highest BCUT2D eigenvalue weighted by molar-refractivity contribution is 5.94. The Labute approximate surface area is 130 Å². The van der Waals surface area contributed by atoms with Gasteiger partial charge in [0, 0.05) is 32.4 Å². The Kier molecular flexibility index (Phi) is 6.61. The van der Waals surface area contributed by atoms with Gasteiger partial charge in [0.1, 0.15) is 5.56 Å². The number of carbonyl (C=O) groups is 1. The number of nitrogens with one attached hydrogen (secondary N) is 3. The first-order chi connectivity index (χ1) is 10.7. The smallest absolute Gasteiger partial charge is 0.261 e. The van der Waals surface area contributed by atoms with Gasteiger partial charge in [-0.15, -0.1) is 0 Å². The molecular formula is C16H25N3O3. The first kappa shape index (κ1) is 16.7. The minimum absolute atomic E-state index is 0.220. The SMILES string of the molecule is COCCNCCNC(=O)c1cc2c([nH]c1=O)CCCCC2. The molecule has 6 heteroatoms. The molecule has 0 bridgehead atoms. The van der Waals surface area contributed by atoms with Crippen LogP contribution in [0.5, 0.6) is 0 Å². The van der Waals surface area contributed by atoms with Gasteiger partial charge in [-0.25, -0.2) is 0 Å². The number of aromatic nitrogens is 1. The number of carbonyl (C=O) groups excluding carboxylic acids is 1. The highest BCUT2D eigenvalue weighted by Gasteiger charge is 2.15. The molecule has 0 aliphatic heterocycles. The van der Waals surface area contributed by atoms with Crippen LogP contribution < -0.4 is 16.2 Å². The van der Waals surface area contributed by atoms with Crippen LogP contribution in [0.15, 0.2) is 10.9 Å². The van der Waals surface area contributed by atoms with Crippen molar-refractivity contribution in [3.8, 4) is 0 Å². The molecule has 2 rings (SSSR count). The van der Waals surface area contributed by atoms with Crippen LogP contribution in [-0.2, 0) is 17.6 Å². The number of aryl methyl sites for hydroxylation is 2. The van der Waals surface area contributed by atoms with Crippen molar-refractivity contribution in [1.82, 2.24) is 15.6 Å². The van der Waals surface area contributed by atoms with Crippen LogP contribution in [0.25, 0.3) is 0 Å². The quantitative estimate of drug-likeness (QED) is 0.509. The van der Waals surface area contributed by atoms with Gasteiger partial charge in [-0.1, -0.05) is 6.42 Å². The Morgan fingerprint density at radius 2 is 2.05 bits per heavy atom. The fraction of sp³-hybridized carbons (Fsp3) is 0.625. The van der Waals surface area contributed by atoms with E-state index in [4.69, 9.17) is 4.74 Å². The normalized spacial score (nSPS) is 14.2. The average molecular weight is 307 g/mol. The fourth-order valence-corrected chi connectivity index (χ4v) is 2.68. The molecule has 1 amide bonds. The van der Waals surface area contributed by atoms with Gasteiger partial charge >= 0.3 is 0 Å². The molecule has 1 heterocycles. The maximum absolute atomic E-state index is 12.1. The molecule has 22 heavy (non-hydrogen) atoms. The summed E-state index contributed by atoms with van der Waals surface area (Å²) in [7, 11) is 1.65. The highest BCUT2D eigenvalue weighted by atomic mass is 16.5. The largest absolute Gasteiger partial charge is 0.383 e. The second kappa shape index (κ2) is 8.70. The number of hydrogen-bond donors (Lipinski definition) is 3. The zero-order valence-electron chi connectivity index (χ0n) is 13.2. The average Bonchev–Trinajstić information content (AvgIpc) is 2.74. The van der Waals surface area contributed by atoms with Crippen molar-refractivity contribution in [3.05, 3.63) is 33.2 Å². The van der Waals surface area contributed by atoms with Crippen molar-refractivity contribution < 1.29 is 9.53 Å². The Hall–Kier alpha value is -1.66. The van der Waals surface area contributed by atoms with E-state index in [0.29, 0.717) is 19.7 Å². The van der Waals surface area contributed by atoms with Crippen molar-refractivity contribution >= 4 is 5.91 Å². The van der Waals surface area contributed by atoms with E-state index in [9.17, 15) is 9.59 Å². The molecule has 1 aromatic rings. The maximum atomic E-state index is 12.1. The van der Waals surface area contributed by atoms with Crippen LogP contribution in [0.1, 0.15) is 40.9 Å². The van der Waals surface area contributed by atoms with E-state index >= 15 is 0 Å². The van der Waals surface area contributed by atoms with Gasteiger partial charge in [-0.05, 0) is 37.3 Å². The Morgan fingerprint density at radius 3 is 2.86 bits per heavy atom. The second-order valence-electron chi connectivity index (χ2n) is 5.58. The van der Waals surface area contributed by atoms with Crippen molar-refractivity contribution in [2.24, 2.45) is 0 Å². The number of amides is 1. The molecule has 0 radical (unpaired) electrons. The molecule has 0 atom stereocenters. The Bertz CT molecular complexity index is 554. The Morgan fingerprint density at radius 1 is 1.23 bits per heavy atom. The molecule has 0 saturated carbocycles. The first-order valence-electron chi connectivity index (χ1n) is 7.95. The van der Waals surface area contributed by atoms with Gasteiger partial charge in [0.25, 0.3) is 11.5 Å². The van der Waals surface area contributed by atoms with E-state index < -0.39 is 0 Å². The maximum Gasteiger partial charge on any atom is 0.261 e. The van der Waals surface area contributed by atoms with Gasteiger partial charge in [-0.2, -0.15) is 0 Å². The third-order valence-electron chi connectivity index (χ3n) is 3.90. The molecule has 0 fully saturated rings. The topological polar surface area (TPSA) is 83.2 Å². The summed E-state index contributed by atoms with van der Waals surface area (Å²) in [6.45, 7) is 2.52. The molecule has 122 valence electrons. The van der Waals surface area contributed by atoms with E-state index in [1.807, 2.05) is 0 Å². The molecule has 1 aliphatic rings. The number of fused-ring (bicyclic) bond motifs is 1. The van der Waals surface area contributed by atoms with Crippen LogP contribution in [-0.4, -0.2) is 44.2 Å². The third-order valence-corrected chi connectivity index (χ3v) is 3.90. The monoisotopic (exact) mass is 307 g/mol. The van der Waals surface area contributed by atoms with Gasteiger partial charge in [-0.3, -0.25) is 9.59 Å². The number of aromatic amines is 1. The standard InChI is InChI=1S/C16H25N3O3/c1-22-10-9-17-7-8-18-15(20)13-11-12-5-3-2-4-6-14(12)19-16(13)21/h11,17H,2-10H2,1H3,(H,18,20)(H,19,21). The van der Waals surface area contributed by atoms with E-state index in [1.165, 1.54) is 6.42 Å². The van der Waals surface area contributed by atoms with Crippen LogP contribution in [0.2, 0.25) is 0 Å². The second-order valence-corrected chi connectivity index (χ2v) is 5.58. The van der Waals surface area contributed by atoms with Gasteiger partial charge < -0.3 is 20.4 Å². The minimum Gasteiger partial charge on any atom is -0.383 e. The number of hydrogen-bond acceptors (Lipinski definition) is 4. The summed E-state index contributed by atoms with van der Waals surface area (Å²) in [4.78, 5) is 27.1. The highest BCUT2D eigenvalue weighted by Crippen LogP contribution is 2.18. The zero-order chi connectivity index (χ0) is 15.8. The van der Waals surface area contributed by atoms with E-state index in [2.05, 4.69) is 15.6 Å². The van der Waals surface area contributed by atoms with E-state index in [-0.39, 0.29) is 17.0 Å². The fourth-order valence-electron chi connectivity index (χ4n) is 2.68. The lowest BCUT2D eigenvalue weighted by molar-refractivity contribution is 0.0952. The molecule has 0 spiro atoms. The lowest BCUT2D eigenvalue weighted by Crippen LogP contribution is -2.35. The van der Waals surface area contributed by atoms with Gasteiger partial charge in [0.15, 0.2) is 0 Å². The molecule has 0 aromatic carbocycles. The van der Waals surface area contributed by atoms with Crippen molar-refractivity contribution in [3.63, 3.8) is 0 Å². The number of ether oxygens (including phenoxy) is 1. The summed E-state index contributed by atoms with van der Waals surface area (Å²) < 4.78 is 4.92. The summed E-state index contributed by atoms with van der Waals surface area (Å²) >= 11 is 0. The van der Waals surface area contributed by atoms with Crippen LogP contribution in [0.3, 0.4) is 0 Å². The van der Waals surface area contributed by atoms with Crippen LogP contribution >= 0.6 is 0 Å². The number of methoxy groups -OCH3 is 1. The van der Waals surface area contributed by atoms with E-state index in [0.717, 1.165) is 43.5 Å². The molecule has 1 aromatic heterocycles. The molecule has 0 saturated heterocycles. The molecule has 0 unspecified atom stereocenters. The first-order valence-corrected chi connectivity index (χ1v) is 7.95. The predicted octanol–water partition coefficient (Wildman–Crippen LogP) is 0.610. The van der Waals surface area contributed by atoms with Crippen molar-refractivity contribution in [1.29, 1.82) is 0 Å². The Balaban J connectivity index is 1.92. The summed E-state index contributed by atoms with van der Waals surface area (Å²) in [5, 5.41) is 5.92. The summed E-state index contributed by atoms with van der Waals surface area (Å²) in [5.74, 6) is -0.304. The number of pyridine rings is 1. The minimum atomic E-state index is -0.304. The summed E-state index contributed by atoms with van der Waals surface area (Å²) in [5.41, 5.74) is 2.05. The zero-order valence-corrected chi connectivity index (χ0v) is 13.2. The van der Waals surface area contributed by atoms with Crippen molar-refractivity contribution in [2.75, 3.05) is 33.4 Å². The van der Waals surface area contributed by atoms with Gasteiger partial charge in [0.2, 0.25) is 0 Å². The molecule has 6 nitrogen and oxygen atoms in total. The van der Waals surface area contributed by atoms with Gasteiger partial charge in [0.05, 0.1) is 6.61 Å². The van der Waals surface area contributed by atoms with Crippen LogP contribution in [0, 0.1) is 0 Å². The number of H-pyrrole nitrogens is 1. The van der Waals surface area contributed by atoms with E-state index in [1.54, 1.807) is 13.2 Å². The lowest BCUT2D eigenvalue weighted by atomic mass is 10.1. The third kappa shape index (κ3) is 4.68. The summed E-state index contributed by atoms with van der Waals surface area (Å²) in [6, 6.07) is 1.77. The lowest BCUT2D eigenvalue weighted by Gasteiger charge is -2.09. The van der Waals surface area contributed by atoms with Crippen molar-refractivity contribution in [2.45, 2.75) is 32.1 Å². The predicted molar refractivity (Wildman–Crippen MR) is 85.4 cm³/mol.